The van der Waals surface area contributed by atoms with Crippen LogP contribution in [-0.2, 0) is 9.59 Å². The molecule has 0 aromatic carbocycles. The van der Waals surface area contributed by atoms with Crippen LogP contribution in [0, 0.1) is 10.8 Å². The van der Waals surface area contributed by atoms with E-state index in [1.165, 1.54) is 0 Å². The highest BCUT2D eigenvalue weighted by molar-refractivity contribution is 5.90. The zero-order valence-corrected chi connectivity index (χ0v) is 9.17. The average Bonchev–Trinajstić information content (AvgIpc) is 2.48. The fourth-order valence-corrected chi connectivity index (χ4v) is 2.72. The quantitative estimate of drug-likeness (QED) is 0.610. The summed E-state index contributed by atoms with van der Waals surface area (Å²) >= 11 is 0. The first kappa shape index (κ1) is 10.4. The first-order valence-corrected chi connectivity index (χ1v) is 5.17. The Balaban J connectivity index is 2.24. The molecule has 3 N–H and O–H groups in total. The summed E-state index contributed by atoms with van der Waals surface area (Å²) < 4.78 is 0. The number of nitrogens with two attached hydrogens (primary N) is 1. The van der Waals surface area contributed by atoms with Crippen LogP contribution >= 0.6 is 0 Å². The van der Waals surface area contributed by atoms with Gasteiger partial charge in [0.05, 0.1) is 12.0 Å². The molecule has 5 nitrogen and oxygen atoms in total. The minimum atomic E-state index is -0.441. The van der Waals surface area contributed by atoms with Gasteiger partial charge in [-0.15, -0.1) is 0 Å². The first-order chi connectivity index (χ1) is 6.89. The molecule has 2 amide bonds. The van der Waals surface area contributed by atoms with Crippen LogP contribution < -0.4 is 11.1 Å². The molecule has 0 aliphatic carbocycles. The van der Waals surface area contributed by atoms with Crippen LogP contribution in [0.25, 0.3) is 0 Å². The van der Waals surface area contributed by atoms with Crippen molar-refractivity contribution in [3.8, 4) is 0 Å². The van der Waals surface area contributed by atoms with Crippen LogP contribution in [0.1, 0.15) is 13.8 Å². The van der Waals surface area contributed by atoms with E-state index in [2.05, 4.69) is 12.2 Å². The number of carbonyl (C=O) groups is 2. The third-order valence-electron chi connectivity index (χ3n) is 3.97. The number of nitrogens with one attached hydrogen (secondary N) is 1. The average molecular weight is 211 g/mol. The zero-order chi connectivity index (χ0) is 11.3. The van der Waals surface area contributed by atoms with Gasteiger partial charge in [-0.1, -0.05) is 6.92 Å². The Hall–Kier alpha value is -1.10. The van der Waals surface area contributed by atoms with Gasteiger partial charge >= 0.3 is 0 Å². The fourth-order valence-electron chi connectivity index (χ4n) is 2.72. The van der Waals surface area contributed by atoms with Gasteiger partial charge in [-0.25, -0.2) is 0 Å². The number of primary amides is 1. The van der Waals surface area contributed by atoms with Gasteiger partial charge in [0.25, 0.3) is 0 Å². The molecule has 15 heavy (non-hydrogen) atoms. The van der Waals surface area contributed by atoms with Crippen LogP contribution in [0.15, 0.2) is 0 Å². The number of amides is 2. The first-order valence-electron chi connectivity index (χ1n) is 5.17. The maximum absolute atomic E-state index is 12.1. The van der Waals surface area contributed by atoms with Crippen LogP contribution in [0.4, 0.5) is 0 Å². The van der Waals surface area contributed by atoms with E-state index in [-0.39, 0.29) is 23.3 Å². The molecule has 0 radical (unpaired) electrons. The lowest BCUT2D eigenvalue weighted by Crippen LogP contribution is -2.40. The summed E-state index contributed by atoms with van der Waals surface area (Å²) in [5, 5.41) is 3.25. The standard InChI is InChI=1S/C10H17N3O2/c1-9-4-12-5-10(9,2)8(15)13(6-9)3-7(11)14/h12H,3-6H2,1-2H3,(H2,11,14)/t9-,10+/m1/s1. The fraction of sp³-hybridized carbons (Fsp3) is 0.800. The molecule has 0 spiro atoms. The molecule has 2 rings (SSSR count). The number of likely N-dealkylation sites (tertiary alicyclic amines) is 1. The maximum atomic E-state index is 12.1. The molecular formula is C10H17N3O2. The van der Waals surface area contributed by atoms with Crippen molar-refractivity contribution in [1.82, 2.24) is 10.2 Å². The number of rotatable bonds is 2. The van der Waals surface area contributed by atoms with Gasteiger partial charge in [0, 0.05) is 25.0 Å². The van der Waals surface area contributed by atoms with Gasteiger partial charge in [-0.05, 0) is 6.92 Å². The second-order valence-corrected chi connectivity index (χ2v) is 5.12. The van der Waals surface area contributed by atoms with Gasteiger partial charge in [0.15, 0.2) is 0 Å². The van der Waals surface area contributed by atoms with Gasteiger partial charge in [-0.2, -0.15) is 0 Å². The Bertz CT molecular complexity index is 331. The molecule has 2 aliphatic heterocycles. The summed E-state index contributed by atoms with van der Waals surface area (Å²) in [6.45, 7) is 6.24. The Labute approximate surface area is 89.0 Å². The third kappa shape index (κ3) is 1.26. The van der Waals surface area contributed by atoms with Crippen molar-refractivity contribution in [1.29, 1.82) is 0 Å². The Morgan fingerprint density at radius 2 is 2.20 bits per heavy atom. The number of hydrogen-bond acceptors (Lipinski definition) is 3. The number of fused-ring (bicyclic) bond motifs is 1. The number of hydrogen-bond donors (Lipinski definition) is 2. The van der Waals surface area contributed by atoms with E-state index in [0.717, 1.165) is 6.54 Å². The summed E-state index contributed by atoms with van der Waals surface area (Å²) in [6, 6.07) is 0. The van der Waals surface area contributed by atoms with Crippen molar-refractivity contribution in [2.75, 3.05) is 26.2 Å². The maximum Gasteiger partial charge on any atom is 0.237 e. The van der Waals surface area contributed by atoms with Crippen molar-refractivity contribution in [2.24, 2.45) is 16.6 Å². The number of carbonyl (C=O) groups excluding carboxylic acids is 2. The Morgan fingerprint density at radius 1 is 1.53 bits per heavy atom. The lowest BCUT2D eigenvalue weighted by atomic mass is 9.70. The van der Waals surface area contributed by atoms with Crippen molar-refractivity contribution < 1.29 is 9.59 Å². The topological polar surface area (TPSA) is 75.4 Å². The van der Waals surface area contributed by atoms with E-state index in [1.807, 2.05) is 6.92 Å². The van der Waals surface area contributed by atoms with Gasteiger partial charge < -0.3 is 16.0 Å². The van der Waals surface area contributed by atoms with E-state index in [4.69, 9.17) is 5.73 Å². The minimum Gasteiger partial charge on any atom is -0.368 e. The predicted molar refractivity (Wildman–Crippen MR) is 54.9 cm³/mol. The summed E-state index contributed by atoms with van der Waals surface area (Å²) in [7, 11) is 0. The van der Waals surface area contributed by atoms with Gasteiger partial charge in [0.1, 0.15) is 0 Å². The molecule has 0 aromatic rings. The molecule has 2 heterocycles. The van der Waals surface area contributed by atoms with Crippen molar-refractivity contribution in [2.45, 2.75) is 13.8 Å². The summed E-state index contributed by atoms with van der Waals surface area (Å²) in [5.41, 5.74) is 4.68. The second-order valence-electron chi connectivity index (χ2n) is 5.12. The molecule has 0 bridgehead atoms. The van der Waals surface area contributed by atoms with Crippen LogP contribution in [0.3, 0.4) is 0 Å². The molecule has 2 saturated heterocycles. The molecule has 0 aromatic heterocycles. The summed E-state index contributed by atoms with van der Waals surface area (Å²) in [6.07, 6.45) is 0. The van der Waals surface area contributed by atoms with Gasteiger partial charge in [-0.3, -0.25) is 9.59 Å². The zero-order valence-electron chi connectivity index (χ0n) is 9.17. The smallest absolute Gasteiger partial charge is 0.237 e. The molecule has 2 aliphatic rings. The highest BCUT2D eigenvalue weighted by atomic mass is 16.2. The minimum absolute atomic E-state index is 0.0456. The summed E-state index contributed by atoms with van der Waals surface area (Å²) in [5.74, 6) is -0.391. The molecule has 84 valence electrons. The van der Waals surface area contributed by atoms with E-state index in [0.29, 0.717) is 13.1 Å². The van der Waals surface area contributed by atoms with Crippen molar-refractivity contribution in [3.05, 3.63) is 0 Å². The Kier molecular flexibility index (Phi) is 2.05. The Morgan fingerprint density at radius 3 is 2.73 bits per heavy atom. The monoisotopic (exact) mass is 211 g/mol. The van der Waals surface area contributed by atoms with E-state index >= 15 is 0 Å². The molecule has 0 unspecified atom stereocenters. The largest absolute Gasteiger partial charge is 0.368 e. The lowest BCUT2D eigenvalue weighted by Gasteiger charge is -2.28. The van der Waals surface area contributed by atoms with Crippen molar-refractivity contribution >= 4 is 11.8 Å². The SMILES string of the molecule is C[C@]12CNC[C@@]1(C)C(=O)N(CC(N)=O)C2. The highest BCUT2D eigenvalue weighted by Gasteiger charge is 2.60. The molecule has 2 fully saturated rings. The van der Waals surface area contributed by atoms with Crippen LogP contribution in [-0.4, -0.2) is 42.9 Å². The van der Waals surface area contributed by atoms with Crippen LogP contribution in [0.5, 0.6) is 0 Å². The molecule has 0 saturated carbocycles. The molecule has 2 atom stereocenters. The van der Waals surface area contributed by atoms with Crippen molar-refractivity contribution in [3.63, 3.8) is 0 Å². The van der Waals surface area contributed by atoms with E-state index in [9.17, 15) is 9.59 Å². The molecular weight excluding hydrogens is 194 g/mol. The predicted octanol–water partition coefficient (Wildman–Crippen LogP) is -1.07. The second kappa shape index (κ2) is 2.95. The molecule has 5 heteroatoms. The van der Waals surface area contributed by atoms with E-state index in [1.54, 1.807) is 4.90 Å². The van der Waals surface area contributed by atoms with Gasteiger partial charge in [0.2, 0.25) is 11.8 Å². The lowest BCUT2D eigenvalue weighted by molar-refractivity contribution is -0.138. The van der Waals surface area contributed by atoms with Crippen LogP contribution in [0.2, 0.25) is 0 Å². The highest BCUT2D eigenvalue weighted by Crippen LogP contribution is 2.49. The third-order valence-corrected chi connectivity index (χ3v) is 3.97. The normalized spacial score (nSPS) is 39.6. The van der Waals surface area contributed by atoms with E-state index < -0.39 is 5.91 Å². The number of nitrogens with zero attached hydrogens (tertiary/aromatic N) is 1. The summed E-state index contributed by atoms with van der Waals surface area (Å²) in [4.78, 5) is 24.6.